The fraction of sp³-hybridized carbons (Fsp3) is 0.500. The minimum atomic E-state index is -1.48. The molecule has 0 saturated carbocycles. The summed E-state index contributed by atoms with van der Waals surface area (Å²) in [5.41, 5.74) is 0. The zero-order valence-corrected chi connectivity index (χ0v) is 7.42. The Labute approximate surface area is 80.4 Å². The van der Waals surface area contributed by atoms with E-state index in [0.29, 0.717) is 0 Å². The maximum absolute atomic E-state index is 10.7. The van der Waals surface area contributed by atoms with E-state index in [0.717, 1.165) is 6.26 Å². The lowest BCUT2D eigenvalue weighted by molar-refractivity contribution is -0.144. The van der Waals surface area contributed by atoms with Gasteiger partial charge in [0.15, 0.2) is 6.29 Å². The summed E-state index contributed by atoms with van der Waals surface area (Å²) in [5.74, 6) is -1.74. The third-order valence-electron chi connectivity index (χ3n) is 1.19. The first-order valence-corrected chi connectivity index (χ1v) is 3.95. The third-order valence-corrected chi connectivity index (χ3v) is 1.19. The van der Waals surface area contributed by atoms with Gasteiger partial charge in [0.25, 0.3) is 0 Å². The summed E-state index contributed by atoms with van der Waals surface area (Å²) in [6, 6.07) is 0. The molecule has 0 amide bonds. The van der Waals surface area contributed by atoms with E-state index in [2.05, 4.69) is 4.74 Å². The predicted octanol–water partition coefficient (Wildman–Crippen LogP) is -0.391. The van der Waals surface area contributed by atoms with Gasteiger partial charge in [0.1, 0.15) is 0 Å². The topological polar surface area (TPSA) is 104 Å². The van der Waals surface area contributed by atoms with Crippen LogP contribution in [0.1, 0.15) is 19.3 Å². The molecule has 14 heavy (non-hydrogen) atoms. The number of rotatable bonds is 6. The first kappa shape index (κ1) is 12.6. The van der Waals surface area contributed by atoms with Crippen molar-refractivity contribution in [3.63, 3.8) is 0 Å². The molecule has 0 atom stereocenters. The maximum atomic E-state index is 10.7. The Kier molecular flexibility index (Phi) is 6.34. The summed E-state index contributed by atoms with van der Waals surface area (Å²) in [6.07, 6.45) is 0.236. The number of carboxylic acids is 1. The molecule has 0 aromatic rings. The van der Waals surface area contributed by atoms with E-state index in [9.17, 15) is 9.59 Å². The van der Waals surface area contributed by atoms with Crippen molar-refractivity contribution in [1.82, 2.24) is 0 Å². The lowest BCUT2D eigenvalue weighted by Crippen LogP contribution is -2.04. The van der Waals surface area contributed by atoms with Crippen molar-refractivity contribution in [2.45, 2.75) is 25.6 Å². The van der Waals surface area contributed by atoms with Crippen molar-refractivity contribution in [2.75, 3.05) is 0 Å². The van der Waals surface area contributed by atoms with Crippen molar-refractivity contribution in [3.8, 4) is 0 Å². The van der Waals surface area contributed by atoms with Crippen LogP contribution in [-0.2, 0) is 14.3 Å². The number of hydrogen-bond donors (Lipinski definition) is 3. The zero-order chi connectivity index (χ0) is 11.0. The van der Waals surface area contributed by atoms with Gasteiger partial charge >= 0.3 is 11.9 Å². The Balaban J connectivity index is 3.53. The summed E-state index contributed by atoms with van der Waals surface area (Å²) >= 11 is 0. The molecule has 80 valence electrons. The van der Waals surface area contributed by atoms with Gasteiger partial charge in [0.2, 0.25) is 0 Å². The van der Waals surface area contributed by atoms with E-state index in [1.165, 1.54) is 6.08 Å². The molecule has 0 unspecified atom stereocenters. The van der Waals surface area contributed by atoms with Gasteiger partial charge in [-0.25, -0.2) is 0 Å². The molecular formula is C8H12O6. The highest BCUT2D eigenvalue weighted by Crippen LogP contribution is 1.95. The van der Waals surface area contributed by atoms with Crippen molar-refractivity contribution in [3.05, 3.63) is 12.3 Å². The van der Waals surface area contributed by atoms with Gasteiger partial charge in [-0.1, -0.05) is 0 Å². The second kappa shape index (κ2) is 7.05. The molecule has 0 spiro atoms. The Bertz CT molecular complexity index is 220. The second-order valence-corrected chi connectivity index (χ2v) is 2.47. The first-order valence-electron chi connectivity index (χ1n) is 3.95. The van der Waals surface area contributed by atoms with E-state index >= 15 is 0 Å². The minimum Gasteiger partial charge on any atom is -0.481 e. The second-order valence-electron chi connectivity index (χ2n) is 2.47. The maximum Gasteiger partial charge on any atom is 0.311 e. The molecule has 3 N–H and O–H groups in total. The summed E-state index contributed by atoms with van der Waals surface area (Å²) < 4.78 is 4.44. The van der Waals surface area contributed by atoms with Gasteiger partial charge in [0.05, 0.1) is 19.1 Å². The lowest BCUT2D eigenvalue weighted by atomic mass is 10.3. The SMILES string of the molecule is O=C(O)CCC(=O)OC=CCC(O)O. The average Bonchev–Trinajstić information content (AvgIpc) is 2.08. The third kappa shape index (κ3) is 8.69. The highest BCUT2D eigenvalue weighted by molar-refractivity contribution is 5.76. The number of carbonyl (C=O) groups is 2. The average molecular weight is 204 g/mol. The van der Waals surface area contributed by atoms with Crippen LogP contribution in [0.25, 0.3) is 0 Å². The van der Waals surface area contributed by atoms with Crippen LogP contribution in [-0.4, -0.2) is 33.5 Å². The van der Waals surface area contributed by atoms with Gasteiger partial charge in [-0.2, -0.15) is 0 Å². The van der Waals surface area contributed by atoms with E-state index in [1.807, 2.05) is 0 Å². The van der Waals surface area contributed by atoms with Crippen LogP contribution in [0.3, 0.4) is 0 Å². The number of carboxylic acid groups (broad SMARTS) is 1. The number of aliphatic carboxylic acids is 1. The fourth-order valence-corrected chi connectivity index (χ4v) is 0.569. The van der Waals surface area contributed by atoms with E-state index in [-0.39, 0.29) is 19.3 Å². The molecule has 0 saturated heterocycles. The molecular weight excluding hydrogens is 192 g/mol. The van der Waals surface area contributed by atoms with Crippen molar-refractivity contribution in [1.29, 1.82) is 0 Å². The van der Waals surface area contributed by atoms with Crippen molar-refractivity contribution in [2.24, 2.45) is 0 Å². The normalized spacial score (nSPS) is 10.8. The number of aliphatic hydroxyl groups is 2. The summed E-state index contributed by atoms with van der Waals surface area (Å²) in [7, 11) is 0. The molecule has 0 aromatic carbocycles. The molecule has 0 bridgehead atoms. The van der Waals surface area contributed by atoms with Gasteiger partial charge in [0, 0.05) is 6.42 Å². The smallest absolute Gasteiger partial charge is 0.311 e. The summed E-state index contributed by atoms with van der Waals surface area (Å²) in [6.45, 7) is 0. The molecule has 0 heterocycles. The molecule has 6 nitrogen and oxygen atoms in total. The Hall–Kier alpha value is -1.40. The van der Waals surface area contributed by atoms with Gasteiger partial charge < -0.3 is 20.1 Å². The molecule has 0 radical (unpaired) electrons. The van der Waals surface area contributed by atoms with E-state index in [1.54, 1.807) is 0 Å². The molecule has 0 rings (SSSR count). The predicted molar refractivity (Wildman–Crippen MR) is 44.9 cm³/mol. The summed E-state index contributed by atoms with van der Waals surface area (Å²) in [5, 5.41) is 25.0. The number of ether oxygens (including phenoxy) is 1. The zero-order valence-electron chi connectivity index (χ0n) is 7.42. The molecule has 6 heteroatoms. The highest BCUT2D eigenvalue weighted by atomic mass is 16.5. The summed E-state index contributed by atoms with van der Waals surface area (Å²) in [4.78, 5) is 20.8. The van der Waals surface area contributed by atoms with Gasteiger partial charge in [-0.05, 0) is 6.08 Å². The van der Waals surface area contributed by atoms with Gasteiger partial charge in [-0.3, -0.25) is 9.59 Å². The monoisotopic (exact) mass is 204 g/mol. The van der Waals surface area contributed by atoms with Gasteiger partial charge in [-0.15, -0.1) is 0 Å². The molecule has 0 aliphatic rings. The number of hydrogen-bond acceptors (Lipinski definition) is 5. The number of esters is 1. The van der Waals surface area contributed by atoms with Crippen molar-refractivity contribution < 1.29 is 29.6 Å². The quantitative estimate of drug-likeness (QED) is 0.309. The molecule has 0 fully saturated rings. The van der Waals surface area contributed by atoms with Crippen molar-refractivity contribution >= 4 is 11.9 Å². The Morgan fingerprint density at radius 3 is 2.43 bits per heavy atom. The van der Waals surface area contributed by atoms with Crippen LogP contribution < -0.4 is 0 Å². The van der Waals surface area contributed by atoms with Crippen LogP contribution in [0.4, 0.5) is 0 Å². The molecule has 0 aliphatic heterocycles. The standard InChI is InChI=1S/C8H12O6/c9-6(10)2-1-5-14-8(13)4-3-7(11)12/h1,5-6,9-10H,2-4H2,(H,11,12). The number of carbonyl (C=O) groups excluding carboxylic acids is 1. The highest BCUT2D eigenvalue weighted by Gasteiger charge is 2.04. The Morgan fingerprint density at radius 2 is 1.93 bits per heavy atom. The lowest BCUT2D eigenvalue weighted by Gasteiger charge is -1.97. The van der Waals surface area contributed by atoms with Crippen LogP contribution in [0.2, 0.25) is 0 Å². The van der Waals surface area contributed by atoms with Crippen LogP contribution >= 0.6 is 0 Å². The van der Waals surface area contributed by atoms with Crippen LogP contribution in [0.5, 0.6) is 0 Å². The molecule has 0 aliphatic carbocycles. The Morgan fingerprint density at radius 1 is 1.29 bits per heavy atom. The van der Waals surface area contributed by atoms with Crippen LogP contribution in [0, 0.1) is 0 Å². The minimum absolute atomic E-state index is 0.0494. The number of aliphatic hydroxyl groups excluding tert-OH is 1. The first-order chi connectivity index (χ1) is 6.52. The fourth-order valence-electron chi connectivity index (χ4n) is 0.569. The largest absolute Gasteiger partial charge is 0.481 e. The van der Waals surface area contributed by atoms with Crippen LogP contribution in [0.15, 0.2) is 12.3 Å². The van der Waals surface area contributed by atoms with E-state index < -0.39 is 18.2 Å². The molecule has 0 aromatic heterocycles. The van der Waals surface area contributed by atoms with E-state index in [4.69, 9.17) is 15.3 Å².